The summed E-state index contributed by atoms with van der Waals surface area (Å²) in [7, 11) is 0. The van der Waals surface area contributed by atoms with Gasteiger partial charge in [0.15, 0.2) is 0 Å². The van der Waals surface area contributed by atoms with Crippen LogP contribution in [0.15, 0.2) is 30.3 Å². The Morgan fingerprint density at radius 2 is 1.80 bits per heavy atom. The smallest absolute Gasteiger partial charge is 0.0226 e. The van der Waals surface area contributed by atoms with Crippen molar-refractivity contribution < 1.29 is 0 Å². The highest BCUT2D eigenvalue weighted by Gasteiger charge is 1.99. The Labute approximate surface area is 91.4 Å². The zero-order chi connectivity index (χ0) is 11.1. The molecule has 0 aliphatic rings. The van der Waals surface area contributed by atoms with Gasteiger partial charge in [0.1, 0.15) is 0 Å². The van der Waals surface area contributed by atoms with Crippen molar-refractivity contribution in [1.82, 2.24) is 0 Å². The lowest BCUT2D eigenvalue weighted by Gasteiger charge is -2.03. The van der Waals surface area contributed by atoms with E-state index in [4.69, 9.17) is 10.8 Å². The SMILES string of the molecule is CC(=N)CC(=N)CCCc1ccccc1. The molecule has 2 nitrogen and oxygen atoms in total. The van der Waals surface area contributed by atoms with Gasteiger partial charge < -0.3 is 10.8 Å². The predicted molar refractivity (Wildman–Crippen MR) is 65.1 cm³/mol. The van der Waals surface area contributed by atoms with Gasteiger partial charge in [-0.15, -0.1) is 0 Å². The van der Waals surface area contributed by atoms with Gasteiger partial charge in [-0.3, -0.25) is 0 Å². The van der Waals surface area contributed by atoms with E-state index in [0.29, 0.717) is 17.8 Å². The van der Waals surface area contributed by atoms with Crippen molar-refractivity contribution in [1.29, 1.82) is 10.8 Å². The van der Waals surface area contributed by atoms with Crippen LogP contribution in [0.4, 0.5) is 0 Å². The Morgan fingerprint density at radius 1 is 1.13 bits per heavy atom. The molecule has 0 aliphatic carbocycles. The summed E-state index contributed by atoms with van der Waals surface area (Å²) in [4.78, 5) is 0. The number of nitrogens with one attached hydrogen (secondary N) is 2. The second-order valence-corrected chi connectivity index (χ2v) is 3.90. The molecule has 0 bridgehead atoms. The van der Waals surface area contributed by atoms with E-state index in [0.717, 1.165) is 19.3 Å². The van der Waals surface area contributed by atoms with Crippen LogP contribution in [0.2, 0.25) is 0 Å². The van der Waals surface area contributed by atoms with Crippen LogP contribution >= 0.6 is 0 Å². The molecule has 0 radical (unpaired) electrons. The van der Waals surface area contributed by atoms with E-state index in [2.05, 4.69) is 12.1 Å². The predicted octanol–water partition coefficient (Wildman–Crippen LogP) is 3.46. The summed E-state index contributed by atoms with van der Waals surface area (Å²) in [6.45, 7) is 1.76. The fourth-order valence-electron chi connectivity index (χ4n) is 1.56. The maximum atomic E-state index is 7.64. The van der Waals surface area contributed by atoms with Gasteiger partial charge in [-0.05, 0) is 31.7 Å². The van der Waals surface area contributed by atoms with E-state index < -0.39 is 0 Å². The average Bonchev–Trinajstić information content (AvgIpc) is 2.18. The summed E-state index contributed by atoms with van der Waals surface area (Å²) < 4.78 is 0. The Hall–Kier alpha value is -1.44. The minimum Gasteiger partial charge on any atom is -0.310 e. The molecule has 1 aromatic carbocycles. The Balaban J connectivity index is 2.22. The molecule has 0 fully saturated rings. The maximum Gasteiger partial charge on any atom is 0.0226 e. The first-order valence-electron chi connectivity index (χ1n) is 5.32. The largest absolute Gasteiger partial charge is 0.310 e. The summed E-state index contributed by atoms with van der Waals surface area (Å²) in [5.74, 6) is 0. The molecular formula is C13H18N2. The lowest BCUT2D eigenvalue weighted by Crippen LogP contribution is -2.03. The van der Waals surface area contributed by atoms with Gasteiger partial charge in [-0.25, -0.2) is 0 Å². The van der Waals surface area contributed by atoms with Gasteiger partial charge in [0.2, 0.25) is 0 Å². The third kappa shape index (κ3) is 5.11. The topological polar surface area (TPSA) is 47.7 Å². The van der Waals surface area contributed by atoms with Gasteiger partial charge in [0.25, 0.3) is 0 Å². The second-order valence-electron chi connectivity index (χ2n) is 3.90. The van der Waals surface area contributed by atoms with Crippen LogP contribution < -0.4 is 0 Å². The third-order valence-corrected chi connectivity index (χ3v) is 2.27. The lowest BCUT2D eigenvalue weighted by atomic mass is 10.0. The van der Waals surface area contributed by atoms with E-state index in [1.807, 2.05) is 18.2 Å². The molecule has 1 rings (SSSR count). The van der Waals surface area contributed by atoms with Gasteiger partial charge >= 0.3 is 0 Å². The summed E-state index contributed by atoms with van der Waals surface area (Å²) in [6.07, 6.45) is 3.39. The molecule has 1 aromatic rings. The van der Waals surface area contributed by atoms with Crippen LogP contribution in [0.3, 0.4) is 0 Å². The van der Waals surface area contributed by atoms with Gasteiger partial charge in [0, 0.05) is 17.8 Å². The van der Waals surface area contributed by atoms with E-state index in [1.165, 1.54) is 5.56 Å². The third-order valence-electron chi connectivity index (χ3n) is 2.27. The zero-order valence-electron chi connectivity index (χ0n) is 9.22. The van der Waals surface area contributed by atoms with E-state index in [-0.39, 0.29) is 0 Å². The van der Waals surface area contributed by atoms with Crippen molar-refractivity contribution in [2.75, 3.05) is 0 Å². The Morgan fingerprint density at radius 3 is 2.40 bits per heavy atom. The standard InChI is InChI=1S/C13H18N2/c1-11(14)10-13(15)9-5-8-12-6-3-2-4-7-12/h2-4,6-7,14-15H,5,8-10H2,1H3. The van der Waals surface area contributed by atoms with Crippen molar-refractivity contribution in [3.05, 3.63) is 35.9 Å². The first-order chi connectivity index (χ1) is 7.18. The molecule has 0 aromatic heterocycles. The van der Waals surface area contributed by atoms with E-state index in [9.17, 15) is 0 Å². The van der Waals surface area contributed by atoms with E-state index >= 15 is 0 Å². The van der Waals surface area contributed by atoms with Crippen LogP contribution in [-0.2, 0) is 6.42 Å². The lowest BCUT2D eigenvalue weighted by molar-refractivity contribution is 0.856. The summed E-state index contributed by atoms with van der Waals surface area (Å²) in [5, 5.41) is 14.9. The molecule has 2 N–H and O–H groups in total. The molecule has 0 spiro atoms. The van der Waals surface area contributed by atoms with Crippen LogP contribution in [0.1, 0.15) is 31.7 Å². The fraction of sp³-hybridized carbons (Fsp3) is 0.385. The van der Waals surface area contributed by atoms with Crippen molar-refractivity contribution >= 4 is 11.4 Å². The van der Waals surface area contributed by atoms with Crippen molar-refractivity contribution in [3.63, 3.8) is 0 Å². The van der Waals surface area contributed by atoms with Crippen molar-refractivity contribution in [3.8, 4) is 0 Å². The zero-order valence-corrected chi connectivity index (χ0v) is 9.22. The second kappa shape index (κ2) is 6.12. The average molecular weight is 202 g/mol. The van der Waals surface area contributed by atoms with Crippen LogP contribution in [0, 0.1) is 10.8 Å². The molecule has 0 saturated carbocycles. The molecule has 0 heterocycles. The van der Waals surface area contributed by atoms with Crippen LogP contribution in [0.25, 0.3) is 0 Å². The highest BCUT2D eigenvalue weighted by molar-refractivity contribution is 6.00. The number of benzene rings is 1. The fourth-order valence-corrected chi connectivity index (χ4v) is 1.56. The molecule has 0 atom stereocenters. The Bertz CT molecular complexity index is 328. The molecule has 0 saturated heterocycles. The summed E-state index contributed by atoms with van der Waals surface area (Å²) in [5.41, 5.74) is 2.59. The van der Waals surface area contributed by atoms with Crippen LogP contribution in [0.5, 0.6) is 0 Å². The van der Waals surface area contributed by atoms with Gasteiger partial charge in [-0.2, -0.15) is 0 Å². The number of rotatable bonds is 6. The molecule has 0 unspecified atom stereocenters. The molecule has 15 heavy (non-hydrogen) atoms. The van der Waals surface area contributed by atoms with Gasteiger partial charge in [-0.1, -0.05) is 30.3 Å². The minimum atomic E-state index is 0.536. The Kier molecular flexibility index (Phi) is 4.75. The normalized spacial score (nSPS) is 9.93. The molecule has 80 valence electrons. The minimum absolute atomic E-state index is 0.536. The number of aryl methyl sites for hydroxylation is 1. The van der Waals surface area contributed by atoms with Gasteiger partial charge in [0.05, 0.1) is 0 Å². The first kappa shape index (κ1) is 11.6. The molecule has 0 aliphatic heterocycles. The quantitative estimate of drug-likeness (QED) is 0.664. The van der Waals surface area contributed by atoms with Crippen LogP contribution in [-0.4, -0.2) is 11.4 Å². The molecular weight excluding hydrogens is 184 g/mol. The van der Waals surface area contributed by atoms with E-state index in [1.54, 1.807) is 6.92 Å². The summed E-state index contributed by atoms with van der Waals surface area (Å²) >= 11 is 0. The molecule has 0 amide bonds. The number of hydrogen-bond acceptors (Lipinski definition) is 2. The van der Waals surface area contributed by atoms with Crippen molar-refractivity contribution in [2.24, 2.45) is 0 Å². The number of hydrogen-bond donors (Lipinski definition) is 2. The summed E-state index contributed by atoms with van der Waals surface area (Å²) in [6, 6.07) is 10.3. The highest BCUT2D eigenvalue weighted by atomic mass is 14.4. The maximum absolute atomic E-state index is 7.64. The monoisotopic (exact) mass is 202 g/mol. The first-order valence-corrected chi connectivity index (χ1v) is 5.32. The highest BCUT2D eigenvalue weighted by Crippen LogP contribution is 2.06. The molecule has 2 heteroatoms. The van der Waals surface area contributed by atoms with Crippen molar-refractivity contribution in [2.45, 2.75) is 32.6 Å².